The average Bonchev–Trinajstić information content (AvgIpc) is 3.34. The van der Waals surface area contributed by atoms with E-state index in [0.717, 1.165) is 11.3 Å². The van der Waals surface area contributed by atoms with Crippen molar-refractivity contribution in [2.45, 2.75) is 77.0 Å². The van der Waals surface area contributed by atoms with Gasteiger partial charge in [-0.2, -0.15) is 0 Å². The largest absolute Gasteiger partial charge is 0.456 e. The molecule has 4 rings (SSSR count). The normalized spacial score (nSPS) is 18.6. The number of aromatic nitrogens is 3. The van der Waals surface area contributed by atoms with Gasteiger partial charge >= 0.3 is 5.97 Å². The van der Waals surface area contributed by atoms with Crippen LogP contribution in [0.15, 0.2) is 5.51 Å². The molecule has 1 aliphatic heterocycles. The van der Waals surface area contributed by atoms with Crippen LogP contribution in [-0.2, 0) is 28.0 Å². The fourth-order valence-corrected chi connectivity index (χ4v) is 5.21. The number of carbonyl (C=O) groups excluding carboxylic acids is 3. The second-order valence-electron chi connectivity index (χ2n) is 9.37. The van der Waals surface area contributed by atoms with Crippen molar-refractivity contribution in [3.05, 3.63) is 33.0 Å². The zero-order chi connectivity index (χ0) is 23.5. The minimum absolute atomic E-state index is 0.0920. The topological polar surface area (TPSA) is 103 Å². The molecule has 0 atom stereocenters. The van der Waals surface area contributed by atoms with Crippen LogP contribution in [0.2, 0.25) is 0 Å². The lowest BCUT2D eigenvalue weighted by Gasteiger charge is -2.45. The van der Waals surface area contributed by atoms with Gasteiger partial charge in [0.15, 0.2) is 0 Å². The highest BCUT2D eigenvalue weighted by Gasteiger charge is 2.60. The van der Waals surface area contributed by atoms with Crippen LogP contribution in [0, 0.1) is 6.92 Å². The molecule has 1 saturated carbocycles. The highest BCUT2D eigenvalue weighted by Crippen LogP contribution is 2.52. The Balaban J connectivity index is 1.64. The van der Waals surface area contributed by atoms with Crippen LogP contribution in [0.25, 0.3) is 0 Å². The molecule has 0 radical (unpaired) electrons. The van der Waals surface area contributed by atoms with E-state index in [-0.39, 0.29) is 10.7 Å². The molecule has 2 aromatic rings. The summed E-state index contributed by atoms with van der Waals surface area (Å²) in [5.41, 5.74) is 0.637. The van der Waals surface area contributed by atoms with Gasteiger partial charge < -0.3 is 14.6 Å². The molecule has 0 unspecified atom stereocenters. The molecule has 32 heavy (non-hydrogen) atoms. The zero-order valence-electron chi connectivity index (χ0n) is 18.3. The van der Waals surface area contributed by atoms with E-state index in [0.29, 0.717) is 36.2 Å². The van der Waals surface area contributed by atoms with Crippen molar-refractivity contribution < 1.29 is 27.9 Å². The molecule has 1 amide bonds. The van der Waals surface area contributed by atoms with Crippen molar-refractivity contribution >= 4 is 29.0 Å². The predicted octanol–water partition coefficient (Wildman–Crippen LogP) is 3.17. The molecule has 3 heterocycles. The van der Waals surface area contributed by atoms with Crippen LogP contribution < -0.4 is 5.32 Å². The Bertz CT molecular complexity index is 1090. The first-order valence-electron chi connectivity index (χ1n) is 10.3. The van der Waals surface area contributed by atoms with E-state index in [9.17, 15) is 23.2 Å². The number of ketones is 1. The van der Waals surface area contributed by atoms with Gasteiger partial charge in [-0.1, -0.05) is 0 Å². The molecule has 0 aromatic carbocycles. The molecular formula is C21H24F2N4O4S. The number of amides is 1. The summed E-state index contributed by atoms with van der Waals surface area (Å²) in [6.45, 7) is 7.32. The van der Waals surface area contributed by atoms with Crippen molar-refractivity contribution in [1.29, 1.82) is 0 Å². The van der Waals surface area contributed by atoms with Gasteiger partial charge in [-0.25, -0.2) is 13.6 Å². The molecule has 172 valence electrons. The van der Waals surface area contributed by atoms with Crippen molar-refractivity contribution in [2.75, 3.05) is 0 Å². The summed E-state index contributed by atoms with van der Waals surface area (Å²) in [6, 6.07) is 0. The van der Waals surface area contributed by atoms with Gasteiger partial charge in [0, 0.05) is 25.1 Å². The Hall–Kier alpha value is -2.69. The van der Waals surface area contributed by atoms with Gasteiger partial charge in [0.05, 0.1) is 11.3 Å². The van der Waals surface area contributed by atoms with Gasteiger partial charge in [-0.3, -0.25) is 9.59 Å². The third-order valence-corrected chi connectivity index (χ3v) is 6.57. The Kier molecular flexibility index (Phi) is 5.22. The van der Waals surface area contributed by atoms with E-state index in [1.54, 1.807) is 32.3 Å². The summed E-state index contributed by atoms with van der Waals surface area (Å²) in [5, 5.41) is 10.2. The minimum atomic E-state index is -2.96. The van der Waals surface area contributed by atoms with E-state index >= 15 is 0 Å². The molecule has 1 fully saturated rings. The third-order valence-electron chi connectivity index (χ3n) is 5.68. The van der Waals surface area contributed by atoms with Gasteiger partial charge in [-0.15, -0.1) is 21.5 Å². The number of carbonyl (C=O) groups is 3. The SMILES string of the molecule is Cc1c(C(=O)OC(C)(C)C)c2n(c1C(=O)C(=O)NC1(c3nncs3)CC(F)(F)C1)CCC2. The summed E-state index contributed by atoms with van der Waals surface area (Å²) >= 11 is 1.04. The summed E-state index contributed by atoms with van der Waals surface area (Å²) in [6.07, 6.45) is -0.00918. The van der Waals surface area contributed by atoms with E-state index < -0.39 is 47.6 Å². The third kappa shape index (κ3) is 3.82. The van der Waals surface area contributed by atoms with Crippen molar-refractivity contribution in [3.8, 4) is 0 Å². The fourth-order valence-electron chi connectivity index (χ4n) is 4.50. The number of hydrogen-bond donors (Lipinski definition) is 1. The van der Waals surface area contributed by atoms with E-state index in [2.05, 4.69) is 15.5 Å². The van der Waals surface area contributed by atoms with Crippen LogP contribution in [-0.4, -0.2) is 43.9 Å². The summed E-state index contributed by atoms with van der Waals surface area (Å²) in [5.74, 6) is -5.40. The quantitative estimate of drug-likeness (QED) is 0.413. The van der Waals surface area contributed by atoms with Gasteiger partial charge in [0.1, 0.15) is 21.7 Å². The van der Waals surface area contributed by atoms with Crippen LogP contribution in [0.1, 0.15) is 77.1 Å². The van der Waals surface area contributed by atoms with Gasteiger partial charge in [-0.05, 0) is 46.1 Å². The average molecular weight is 467 g/mol. The highest BCUT2D eigenvalue weighted by molar-refractivity contribution is 7.09. The Morgan fingerprint density at radius 2 is 1.94 bits per heavy atom. The molecule has 0 spiro atoms. The van der Waals surface area contributed by atoms with Crippen LogP contribution >= 0.6 is 11.3 Å². The second kappa shape index (κ2) is 7.43. The first-order valence-corrected chi connectivity index (χ1v) is 11.2. The molecule has 1 aliphatic carbocycles. The lowest BCUT2D eigenvalue weighted by molar-refractivity contribution is -0.147. The molecule has 11 heteroatoms. The number of ether oxygens (including phenoxy) is 1. The predicted molar refractivity (Wildman–Crippen MR) is 111 cm³/mol. The maximum atomic E-state index is 13.7. The highest BCUT2D eigenvalue weighted by atomic mass is 32.1. The lowest BCUT2D eigenvalue weighted by Crippen LogP contribution is -2.61. The Morgan fingerprint density at radius 1 is 1.25 bits per heavy atom. The standard InChI is InChI=1S/C21H24F2N4O4S/c1-11-13(17(30)31-19(2,3)4)12-6-5-7-27(12)14(11)15(28)16(29)25-20(8-21(22,23)9-20)18-26-24-10-32-18/h10H,5-9H2,1-4H3,(H,25,29). The minimum Gasteiger partial charge on any atom is -0.456 e. The molecular weight excluding hydrogens is 442 g/mol. The number of nitrogens with zero attached hydrogens (tertiary/aromatic N) is 3. The van der Waals surface area contributed by atoms with Crippen LogP contribution in [0.4, 0.5) is 8.78 Å². The number of alkyl halides is 2. The molecule has 2 aromatic heterocycles. The smallest absolute Gasteiger partial charge is 0.340 e. The first kappa shape index (κ1) is 22.5. The summed E-state index contributed by atoms with van der Waals surface area (Å²) < 4.78 is 34.6. The molecule has 8 nitrogen and oxygen atoms in total. The number of esters is 1. The number of nitrogens with one attached hydrogen (secondary N) is 1. The molecule has 0 saturated heterocycles. The molecule has 2 aliphatic rings. The van der Waals surface area contributed by atoms with E-state index in [1.165, 1.54) is 5.51 Å². The van der Waals surface area contributed by atoms with Crippen LogP contribution in [0.5, 0.6) is 0 Å². The number of Topliss-reactive ketones (excluding diaryl/α,β-unsaturated/α-hetero) is 1. The first-order chi connectivity index (χ1) is 14.8. The Labute approximate surface area is 187 Å². The van der Waals surface area contributed by atoms with Gasteiger partial charge in [0.25, 0.3) is 17.6 Å². The number of halogens is 2. The summed E-state index contributed by atoms with van der Waals surface area (Å²) in [4.78, 5) is 38.9. The Morgan fingerprint density at radius 3 is 2.50 bits per heavy atom. The van der Waals surface area contributed by atoms with E-state index in [1.807, 2.05) is 0 Å². The monoisotopic (exact) mass is 466 g/mol. The maximum Gasteiger partial charge on any atom is 0.340 e. The number of rotatable bonds is 5. The van der Waals surface area contributed by atoms with E-state index in [4.69, 9.17) is 4.74 Å². The van der Waals surface area contributed by atoms with Gasteiger partial charge in [0.2, 0.25) is 0 Å². The molecule has 1 N–H and O–H groups in total. The number of fused-ring (bicyclic) bond motifs is 1. The number of hydrogen-bond acceptors (Lipinski definition) is 7. The van der Waals surface area contributed by atoms with Crippen LogP contribution in [0.3, 0.4) is 0 Å². The second-order valence-corrected chi connectivity index (χ2v) is 10.2. The lowest BCUT2D eigenvalue weighted by atomic mass is 9.73. The summed E-state index contributed by atoms with van der Waals surface area (Å²) in [7, 11) is 0. The fraction of sp³-hybridized carbons (Fsp3) is 0.571. The van der Waals surface area contributed by atoms with Crippen molar-refractivity contribution in [2.24, 2.45) is 0 Å². The molecule has 0 bridgehead atoms. The maximum absolute atomic E-state index is 13.7. The van der Waals surface area contributed by atoms with Crippen molar-refractivity contribution in [3.63, 3.8) is 0 Å². The van der Waals surface area contributed by atoms with Crippen molar-refractivity contribution in [1.82, 2.24) is 20.1 Å². The zero-order valence-corrected chi connectivity index (χ0v) is 19.1.